The molecule has 0 saturated heterocycles. The second-order valence-corrected chi connectivity index (χ2v) is 7.76. The van der Waals surface area contributed by atoms with Crippen molar-refractivity contribution in [2.45, 2.75) is 40.2 Å². The van der Waals surface area contributed by atoms with Crippen LogP contribution >= 0.6 is 0 Å². The Hall–Kier alpha value is -3.08. The molecule has 0 spiro atoms. The van der Waals surface area contributed by atoms with Gasteiger partial charge in [0.15, 0.2) is 0 Å². The molecule has 0 atom stereocenters. The zero-order chi connectivity index (χ0) is 20.5. The highest BCUT2D eigenvalue weighted by Crippen LogP contribution is 2.39. The predicted octanol–water partition coefficient (Wildman–Crippen LogP) is 4.46. The molecular formula is C24H27N3O2. The van der Waals surface area contributed by atoms with Crippen molar-refractivity contribution >= 4 is 11.6 Å². The molecule has 0 unspecified atom stereocenters. The van der Waals surface area contributed by atoms with E-state index in [4.69, 9.17) is 4.74 Å². The first-order valence-corrected chi connectivity index (χ1v) is 10.1. The predicted molar refractivity (Wildman–Crippen MR) is 115 cm³/mol. The number of hydrogen-bond acceptors (Lipinski definition) is 3. The molecule has 2 heterocycles. The molecule has 0 radical (unpaired) electrons. The highest BCUT2D eigenvalue weighted by atomic mass is 16.5. The monoisotopic (exact) mass is 389 g/mol. The maximum atomic E-state index is 13.5. The SMILES string of the molecule is COc1ccc(C)c2c1N(C(=O)c1cccc(Cn3nc(C)cc3C)c1)CCC2. The van der Waals surface area contributed by atoms with Crippen molar-refractivity contribution in [3.63, 3.8) is 0 Å². The Morgan fingerprint density at radius 2 is 1.97 bits per heavy atom. The maximum absolute atomic E-state index is 13.5. The second kappa shape index (κ2) is 7.74. The van der Waals surface area contributed by atoms with Crippen LogP contribution in [0, 0.1) is 20.8 Å². The maximum Gasteiger partial charge on any atom is 0.258 e. The number of ether oxygens (including phenoxy) is 1. The molecule has 29 heavy (non-hydrogen) atoms. The van der Waals surface area contributed by atoms with Gasteiger partial charge in [-0.2, -0.15) is 5.10 Å². The summed E-state index contributed by atoms with van der Waals surface area (Å²) < 4.78 is 7.57. The number of rotatable bonds is 4. The first-order valence-electron chi connectivity index (χ1n) is 10.1. The lowest BCUT2D eigenvalue weighted by Gasteiger charge is -2.32. The van der Waals surface area contributed by atoms with E-state index in [0.717, 1.165) is 41.2 Å². The van der Waals surface area contributed by atoms with E-state index in [9.17, 15) is 4.79 Å². The molecule has 4 rings (SSSR count). The van der Waals surface area contributed by atoms with Crippen molar-refractivity contribution in [2.75, 3.05) is 18.6 Å². The van der Waals surface area contributed by atoms with Gasteiger partial charge in [-0.1, -0.05) is 18.2 Å². The molecule has 0 fully saturated rings. The molecule has 5 nitrogen and oxygen atoms in total. The fraction of sp³-hybridized carbons (Fsp3) is 0.333. The van der Waals surface area contributed by atoms with Crippen molar-refractivity contribution in [3.8, 4) is 5.75 Å². The molecule has 1 aliphatic heterocycles. The van der Waals surface area contributed by atoms with E-state index < -0.39 is 0 Å². The van der Waals surface area contributed by atoms with E-state index in [1.54, 1.807) is 7.11 Å². The third kappa shape index (κ3) is 3.65. The molecule has 5 heteroatoms. The molecule has 2 aromatic carbocycles. The van der Waals surface area contributed by atoms with Gasteiger partial charge in [0.1, 0.15) is 5.75 Å². The molecule has 3 aromatic rings. The number of methoxy groups -OCH3 is 1. The summed E-state index contributed by atoms with van der Waals surface area (Å²) >= 11 is 0. The van der Waals surface area contributed by atoms with Gasteiger partial charge in [0.05, 0.1) is 25.0 Å². The summed E-state index contributed by atoms with van der Waals surface area (Å²) in [7, 11) is 1.66. The first-order chi connectivity index (χ1) is 14.0. The molecular weight excluding hydrogens is 362 g/mol. The minimum atomic E-state index is 0.0186. The fourth-order valence-corrected chi connectivity index (χ4v) is 4.19. The fourth-order valence-electron chi connectivity index (χ4n) is 4.19. The minimum absolute atomic E-state index is 0.0186. The Kier molecular flexibility index (Phi) is 5.14. The average molecular weight is 389 g/mol. The van der Waals surface area contributed by atoms with Crippen LogP contribution in [0.3, 0.4) is 0 Å². The molecule has 1 aromatic heterocycles. The van der Waals surface area contributed by atoms with Crippen molar-refractivity contribution in [1.82, 2.24) is 9.78 Å². The Balaban J connectivity index is 1.67. The van der Waals surface area contributed by atoms with E-state index in [2.05, 4.69) is 24.2 Å². The Bertz CT molecular complexity index is 1070. The molecule has 0 bridgehead atoms. The summed E-state index contributed by atoms with van der Waals surface area (Å²) in [4.78, 5) is 15.3. The molecule has 0 aliphatic carbocycles. The molecule has 1 amide bonds. The number of nitrogens with zero attached hydrogens (tertiary/aromatic N) is 3. The average Bonchev–Trinajstić information content (AvgIpc) is 3.04. The van der Waals surface area contributed by atoms with Crippen molar-refractivity contribution < 1.29 is 9.53 Å². The van der Waals surface area contributed by atoms with E-state index in [1.807, 2.05) is 53.8 Å². The van der Waals surface area contributed by atoms with Crippen LogP contribution in [0.4, 0.5) is 5.69 Å². The molecule has 0 N–H and O–H groups in total. The van der Waals surface area contributed by atoms with Gasteiger partial charge in [-0.3, -0.25) is 9.48 Å². The van der Waals surface area contributed by atoms with Gasteiger partial charge in [0, 0.05) is 17.8 Å². The lowest BCUT2D eigenvalue weighted by Crippen LogP contribution is -2.36. The summed E-state index contributed by atoms with van der Waals surface area (Å²) in [5, 5.41) is 4.54. The number of carbonyl (C=O) groups is 1. The van der Waals surface area contributed by atoms with E-state index in [1.165, 1.54) is 11.1 Å². The second-order valence-electron chi connectivity index (χ2n) is 7.76. The number of fused-ring (bicyclic) bond motifs is 1. The summed E-state index contributed by atoms with van der Waals surface area (Å²) in [6.07, 6.45) is 1.93. The van der Waals surface area contributed by atoms with Crippen LogP contribution in [0.15, 0.2) is 42.5 Å². The van der Waals surface area contributed by atoms with Crippen molar-refractivity contribution in [1.29, 1.82) is 0 Å². The van der Waals surface area contributed by atoms with Gasteiger partial charge in [-0.25, -0.2) is 0 Å². The van der Waals surface area contributed by atoms with Gasteiger partial charge < -0.3 is 9.64 Å². The number of aromatic nitrogens is 2. The van der Waals surface area contributed by atoms with Gasteiger partial charge in [0.25, 0.3) is 5.91 Å². The zero-order valence-electron chi connectivity index (χ0n) is 17.5. The van der Waals surface area contributed by atoms with E-state index >= 15 is 0 Å². The standard InChI is InChI=1S/C24H27N3O2/c1-16-10-11-22(29-4)23-21(16)9-6-12-26(23)24(28)20-8-5-7-19(14-20)15-27-18(3)13-17(2)25-27/h5,7-8,10-11,13-14H,6,9,12,15H2,1-4H3. The van der Waals surface area contributed by atoms with Crippen LogP contribution in [-0.4, -0.2) is 29.3 Å². The Morgan fingerprint density at radius 3 is 2.69 bits per heavy atom. The smallest absolute Gasteiger partial charge is 0.258 e. The number of anilines is 1. The molecule has 1 aliphatic rings. The zero-order valence-corrected chi connectivity index (χ0v) is 17.5. The summed E-state index contributed by atoms with van der Waals surface area (Å²) in [6, 6.07) is 14.0. The normalized spacial score (nSPS) is 13.3. The quantitative estimate of drug-likeness (QED) is 0.662. The van der Waals surface area contributed by atoms with Crippen LogP contribution in [0.1, 0.15) is 44.9 Å². The number of aryl methyl sites for hydroxylation is 3. The van der Waals surface area contributed by atoms with Crippen LogP contribution < -0.4 is 9.64 Å². The van der Waals surface area contributed by atoms with Crippen molar-refractivity contribution in [2.24, 2.45) is 0 Å². The number of hydrogen-bond donors (Lipinski definition) is 0. The van der Waals surface area contributed by atoms with Crippen LogP contribution in [-0.2, 0) is 13.0 Å². The van der Waals surface area contributed by atoms with Crippen LogP contribution in [0.2, 0.25) is 0 Å². The van der Waals surface area contributed by atoms with E-state index in [0.29, 0.717) is 18.7 Å². The lowest BCUT2D eigenvalue weighted by molar-refractivity contribution is 0.0984. The third-order valence-electron chi connectivity index (χ3n) is 5.63. The Morgan fingerprint density at radius 1 is 1.14 bits per heavy atom. The van der Waals surface area contributed by atoms with Gasteiger partial charge in [0.2, 0.25) is 0 Å². The number of amides is 1. The molecule has 0 saturated carbocycles. The van der Waals surface area contributed by atoms with Crippen LogP contribution in [0.5, 0.6) is 5.75 Å². The van der Waals surface area contributed by atoms with Crippen molar-refractivity contribution in [3.05, 3.63) is 76.1 Å². The lowest BCUT2D eigenvalue weighted by atomic mass is 9.95. The number of benzene rings is 2. The summed E-state index contributed by atoms with van der Waals surface area (Å²) in [5.41, 5.74) is 7.22. The largest absolute Gasteiger partial charge is 0.495 e. The van der Waals surface area contributed by atoms with Crippen LogP contribution in [0.25, 0.3) is 0 Å². The van der Waals surface area contributed by atoms with Gasteiger partial charge in [-0.15, -0.1) is 0 Å². The third-order valence-corrected chi connectivity index (χ3v) is 5.63. The first kappa shape index (κ1) is 19.2. The molecule has 150 valence electrons. The highest BCUT2D eigenvalue weighted by molar-refractivity contribution is 6.07. The summed E-state index contributed by atoms with van der Waals surface area (Å²) in [6.45, 7) is 7.50. The van der Waals surface area contributed by atoms with E-state index in [-0.39, 0.29) is 5.91 Å². The van der Waals surface area contributed by atoms with Gasteiger partial charge >= 0.3 is 0 Å². The number of carbonyl (C=O) groups excluding carboxylic acids is 1. The minimum Gasteiger partial charge on any atom is -0.495 e. The highest BCUT2D eigenvalue weighted by Gasteiger charge is 2.28. The summed E-state index contributed by atoms with van der Waals surface area (Å²) in [5.74, 6) is 0.780. The topological polar surface area (TPSA) is 47.4 Å². The Labute approximate surface area is 171 Å². The van der Waals surface area contributed by atoms with Gasteiger partial charge in [-0.05, 0) is 74.6 Å².